The van der Waals surface area contributed by atoms with Crippen molar-refractivity contribution in [3.63, 3.8) is 0 Å². The summed E-state index contributed by atoms with van der Waals surface area (Å²) in [6.07, 6.45) is 1.89. The van der Waals surface area contributed by atoms with Gasteiger partial charge in [-0.1, -0.05) is 18.2 Å². The first-order chi connectivity index (χ1) is 11.1. The van der Waals surface area contributed by atoms with Gasteiger partial charge in [0.1, 0.15) is 17.5 Å². The van der Waals surface area contributed by atoms with Gasteiger partial charge in [0, 0.05) is 42.5 Å². The summed E-state index contributed by atoms with van der Waals surface area (Å²) < 4.78 is 41.7. The van der Waals surface area contributed by atoms with Gasteiger partial charge in [-0.15, -0.1) is 0 Å². The van der Waals surface area contributed by atoms with E-state index in [1.54, 1.807) is 6.07 Å². The van der Waals surface area contributed by atoms with Gasteiger partial charge >= 0.3 is 0 Å². The molecular weight excluding hydrogens is 301 g/mol. The van der Waals surface area contributed by atoms with Crippen molar-refractivity contribution in [1.82, 2.24) is 5.32 Å². The van der Waals surface area contributed by atoms with Crippen LogP contribution in [0.25, 0.3) is 11.1 Å². The Labute approximate surface area is 132 Å². The van der Waals surface area contributed by atoms with Crippen molar-refractivity contribution >= 4 is 5.69 Å². The Kier molecular flexibility index (Phi) is 3.53. The molecule has 2 nitrogen and oxygen atoms in total. The Morgan fingerprint density at radius 3 is 2.61 bits per heavy atom. The van der Waals surface area contributed by atoms with Crippen molar-refractivity contribution in [3.8, 4) is 11.1 Å². The maximum Gasteiger partial charge on any atom is 0.136 e. The van der Waals surface area contributed by atoms with E-state index >= 15 is 0 Å². The van der Waals surface area contributed by atoms with E-state index in [4.69, 9.17) is 0 Å². The number of hydrogen-bond acceptors (Lipinski definition) is 2. The molecule has 1 saturated heterocycles. The third-order valence-electron chi connectivity index (χ3n) is 4.76. The molecule has 120 valence electrons. The van der Waals surface area contributed by atoms with Crippen molar-refractivity contribution in [2.45, 2.75) is 18.9 Å². The molecule has 0 aromatic heterocycles. The average molecular weight is 318 g/mol. The minimum atomic E-state index is -0.895. The lowest BCUT2D eigenvalue weighted by Gasteiger charge is -2.26. The first-order valence-electron chi connectivity index (χ1n) is 7.89. The van der Waals surface area contributed by atoms with Gasteiger partial charge in [-0.25, -0.2) is 13.2 Å². The molecule has 23 heavy (non-hydrogen) atoms. The zero-order chi connectivity index (χ0) is 16.0. The van der Waals surface area contributed by atoms with Crippen LogP contribution in [0.2, 0.25) is 0 Å². The van der Waals surface area contributed by atoms with Crippen LogP contribution in [-0.4, -0.2) is 25.7 Å². The highest BCUT2D eigenvalue weighted by molar-refractivity contribution is 5.83. The van der Waals surface area contributed by atoms with Gasteiger partial charge in [0.2, 0.25) is 0 Å². The van der Waals surface area contributed by atoms with Crippen LogP contribution in [-0.2, 0) is 6.42 Å². The van der Waals surface area contributed by atoms with Crippen LogP contribution in [0, 0.1) is 17.5 Å². The molecule has 1 N–H and O–H groups in total. The first kappa shape index (κ1) is 14.6. The standard InChI is InChI=1S/C18H17F3N2/c19-12-9-15(20)17(16(21)10-12)14-3-1-2-11-8-13-4-5-22-6-7-23(13)18(11)14/h1-3,9-10,13,22H,4-8H2. The van der Waals surface area contributed by atoms with Crippen LogP contribution >= 0.6 is 0 Å². The molecule has 4 rings (SSSR count). The summed E-state index contributed by atoms with van der Waals surface area (Å²) >= 11 is 0. The molecule has 0 aliphatic carbocycles. The molecule has 2 heterocycles. The van der Waals surface area contributed by atoms with E-state index in [2.05, 4.69) is 10.2 Å². The smallest absolute Gasteiger partial charge is 0.136 e. The lowest BCUT2D eigenvalue weighted by atomic mass is 9.98. The molecule has 0 saturated carbocycles. The number of hydrogen-bond donors (Lipinski definition) is 1. The van der Waals surface area contributed by atoms with Crippen molar-refractivity contribution in [3.05, 3.63) is 53.3 Å². The summed E-state index contributed by atoms with van der Waals surface area (Å²) in [5.74, 6) is -2.60. The van der Waals surface area contributed by atoms with Crippen LogP contribution in [0.3, 0.4) is 0 Å². The monoisotopic (exact) mass is 318 g/mol. The Hall–Kier alpha value is -2.01. The third-order valence-corrected chi connectivity index (χ3v) is 4.76. The molecule has 1 unspecified atom stereocenters. The fourth-order valence-electron chi connectivity index (χ4n) is 3.79. The summed E-state index contributed by atoms with van der Waals surface area (Å²) in [6, 6.07) is 7.40. The maximum atomic E-state index is 14.3. The largest absolute Gasteiger partial charge is 0.366 e. The second-order valence-corrected chi connectivity index (χ2v) is 6.15. The van der Waals surface area contributed by atoms with E-state index < -0.39 is 17.5 Å². The van der Waals surface area contributed by atoms with E-state index in [1.165, 1.54) is 0 Å². The summed E-state index contributed by atoms with van der Waals surface area (Å²) in [4.78, 5) is 2.24. The molecule has 0 amide bonds. The quantitative estimate of drug-likeness (QED) is 0.866. The SMILES string of the molecule is Fc1cc(F)c(-c2cccc3c2N2CCNCCC2C3)c(F)c1. The van der Waals surface area contributed by atoms with E-state index in [9.17, 15) is 13.2 Å². The molecule has 2 aromatic carbocycles. The second-order valence-electron chi connectivity index (χ2n) is 6.15. The Balaban J connectivity index is 1.89. The van der Waals surface area contributed by atoms with Crippen molar-refractivity contribution < 1.29 is 13.2 Å². The van der Waals surface area contributed by atoms with Crippen LogP contribution < -0.4 is 10.2 Å². The number of benzene rings is 2. The fourth-order valence-corrected chi connectivity index (χ4v) is 3.79. The zero-order valence-electron chi connectivity index (χ0n) is 12.6. The number of nitrogens with zero attached hydrogens (tertiary/aromatic N) is 1. The minimum absolute atomic E-state index is 0.138. The highest BCUT2D eigenvalue weighted by Crippen LogP contribution is 2.43. The first-order valence-corrected chi connectivity index (χ1v) is 7.89. The summed E-state index contributed by atoms with van der Waals surface area (Å²) in [5.41, 5.74) is 2.38. The van der Waals surface area contributed by atoms with Crippen LogP contribution in [0.5, 0.6) is 0 Å². The van der Waals surface area contributed by atoms with Gasteiger partial charge in [-0.3, -0.25) is 0 Å². The number of halogens is 3. The van der Waals surface area contributed by atoms with Crippen LogP contribution in [0.4, 0.5) is 18.9 Å². The number of nitrogens with one attached hydrogen (secondary N) is 1. The fraction of sp³-hybridized carbons (Fsp3) is 0.333. The normalized spacial score (nSPS) is 20.1. The van der Waals surface area contributed by atoms with Crippen molar-refractivity contribution in [1.29, 1.82) is 0 Å². The molecule has 2 aliphatic rings. The lowest BCUT2D eigenvalue weighted by Crippen LogP contribution is -2.33. The molecular formula is C18H17F3N2. The third kappa shape index (κ3) is 2.39. The summed E-state index contributed by atoms with van der Waals surface area (Å²) in [5, 5.41) is 3.36. The molecule has 5 heteroatoms. The van der Waals surface area contributed by atoms with Crippen molar-refractivity contribution in [2.24, 2.45) is 0 Å². The van der Waals surface area contributed by atoms with E-state index in [-0.39, 0.29) is 5.56 Å². The van der Waals surface area contributed by atoms with E-state index in [0.29, 0.717) is 11.6 Å². The summed E-state index contributed by atoms with van der Waals surface area (Å²) in [6.45, 7) is 2.60. The molecule has 0 radical (unpaired) electrons. The molecule has 0 bridgehead atoms. The van der Waals surface area contributed by atoms with Gasteiger partial charge in [0.15, 0.2) is 0 Å². The number of fused-ring (bicyclic) bond motifs is 3. The Bertz CT molecular complexity index is 737. The molecule has 1 fully saturated rings. The van der Waals surface area contributed by atoms with Gasteiger partial charge in [0.05, 0.1) is 5.56 Å². The topological polar surface area (TPSA) is 15.3 Å². The Morgan fingerprint density at radius 1 is 1.04 bits per heavy atom. The predicted octanol–water partition coefficient (Wildman–Crippen LogP) is 3.50. The zero-order valence-corrected chi connectivity index (χ0v) is 12.6. The van der Waals surface area contributed by atoms with E-state index in [0.717, 1.165) is 55.9 Å². The van der Waals surface area contributed by atoms with Gasteiger partial charge in [-0.2, -0.15) is 0 Å². The van der Waals surface area contributed by atoms with Crippen LogP contribution in [0.15, 0.2) is 30.3 Å². The number of para-hydroxylation sites is 1. The minimum Gasteiger partial charge on any atom is -0.366 e. The molecule has 2 aromatic rings. The Morgan fingerprint density at radius 2 is 1.83 bits per heavy atom. The number of anilines is 1. The van der Waals surface area contributed by atoms with Gasteiger partial charge in [0.25, 0.3) is 0 Å². The maximum absolute atomic E-state index is 14.3. The number of rotatable bonds is 1. The van der Waals surface area contributed by atoms with E-state index in [1.807, 2.05) is 12.1 Å². The predicted molar refractivity (Wildman–Crippen MR) is 84.1 cm³/mol. The van der Waals surface area contributed by atoms with Crippen LogP contribution in [0.1, 0.15) is 12.0 Å². The lowest BCUT2D eigenvalue weighted by molar-refractivity contribution is 0.548. The molecule has 0 spiro atoms. The average Bonchev–Trinajstić information content (AvgIpc) is 2.69. The van der Waals surface area contributed by atoms with Crippen molar-refractivity contribution in [2.75, 3.05) is 24.5 Å². The summed E-state index contributed by atoms with van der Waals surface area (Å²) in [7, 11) is 0. The highest BCUT2D eigenvalue weighted by atomic mass is 19.1. The van der Waals surface area contributed by atoms with Gasteiger partial charge < -0.3 is 10.2 Å². The molecule has 2 aliphatic heterocycles. The highest BCUT2D eigenvalue weighted by Gasteiger charge is 2.33. The second kappa shape index (κ2) is 5.57. The molecule has 1 atom stereocenters. The van der Waals surface area contributed by atoms with Gasteiger partial charge in [-0.05, 0) is 24.9 Å².